The highest BCUT2D eigenvalue weighted by molar-refractivity contribution is 7.90. The summed E-state index contributed by atoms with van der Waals surface area (Å²) in [5.41, 5.74) is 11.2. The molecule has 0 saturated heterocycles. The van der Waals surface area contributed by atoms with E-state index in [1.54, 1.807) is 13.8 Å². The zero-order chi connectivity index (χ0) is 21.3. The molecule has 30 heavy (non-hydrogen) atoms. The summed E-state index contributed by atoms with van der Waals surface area (Å²) in [4.78, 5) is 0. The van der Waals surface area contributed by atoms with Crippen molar-refractivity contribution < 1.29 is 8.42 Å². The summed E-state index contributed by atoms with van der Waals surface area (Å²) in [6, 6.07) is 17.8. The molecule has 4 nitrogen and oxygen atoms in total. The third kappa shape index (κ3) is 4.48. The van der Waals surface area contributed by atoms with Gasteiger partial charge in [-0.3, -0.25) is 0 Å². The molecular weight excluding hydrogens is 392 g/mol. The van der Waals surface area contributed by atoms with Gasteiger partial charge in [-0.15, -0.1) is 0 Å². The summed E-state index contributed by atoms with van der Waals surface area (Å²) in [6.07, 6.45) is 6.54. The fourth-order valence-electron chi connectivity index (χ4n) is 5.10. The van der Waals surface area contributed by atoms with E-state index < -0.39 is 15.3 Å². The van der Waals surface area contributed by atoms with Gasteiger partial charge in [0.15, 0.2) is 0 Å². The molecule has 0 aliphatic heterocycles. The summed E-state index contributed by atoms with van der Waals surface area (Å²) < 4.78 is 27.6. The van der Waals surface area contributed by atoms with Gasteiger partial charge in [0.2, 0.25) is 10.0 Å². The van der Waals surface area contributed by atoms with Gasteiger partial charge in [-0.25, -0.2) is 13.1 Å². The van der Waals surface area contributed by atoms with E-state index in [0.29, 0.717) is 12.0 Å². The standard InChI is InChI=1S/C25H34N2O2S/c1-17(2)30(28,29)27-25-8-4-6-23(25)21-15-11-19(12-16-21)18-9-13-20(14-10-18)22-5-3-7-24(22)26/h9-17,22-25,27H,3-8,26H2,1-2H3. The molecule has 0 radical (unpaired) electrons. The van der Waals surface area contributed by atoms with E-state index in [0.717, 1.165) is 25.7 Å². The summed E-state index contributed by atoms with van der Waals surface area (Å²) in [5, 5.41) is -0.400. The van der Waals surface area contributed by atoms with E-state index in [1.807, 2.05) is 0 Å². The molecule has 3 N–H and O–H groups in total. The van der Waals surface area contributed by atoms with Gasteiger partial charge in [-0.1, -0.05) is 61.4 Å². The fraction of sp³-hybridized carbons (Fsp3) is 0.520. The number of nitrogens with two attached hydrogens (primary N) is 1. The van der Waals surface area contributed by atoms with Crippen LogP contribution in [0.2, 0.25) is 0 Å². The second kappa shape index (κ2) is 8.81. The van der Waals surface area contributed by atoms with Crippen LogP contribution in [0.25, 0.3) is 11.1 Å². The Morgan fingerprint density at radius 2 is 1.30 bits per heavy atom. The lowest BCUT2D eigenvalue weighted by Gasteiger charge is -2.23. The van der Waals surface area contributed by atoms with Crippen molar-refractivity contribution in [3.05, 3.63) is 59.7 Å². The van der Waals surface area contributed by atoms with Crippen molar-refractivity contribution in [1.82, 2.24) is 4.72 Å². The number of sulfonamides is 1. The van der Waals surface area contributed by atoms with Gasteiger partial charge >= 0.3 is 0 Å². The Morgan fingerprint density at radius 1 is 0.800 bits per heavy atom. The lowest BCUT2D eigenvalue weighted by Crippen LogP contribution is -2.40. The van der Waals surface area contributed by atoms with E-state index in [2.05, 4.69) is 53.3 Å². The second-order valence-electron chi connectivity index (χ2n) is 9.30. The van der Waals surface area contributed by atoms with Gasteiger partial charge in [-0.2, -0.15) is 0 Å². The molecule has 5 heteroatoms. The van der Waals surface area contributed by atoms with Crippen LogP contribution in [0.15, 0.2) is 48.5 Å². The van der Waals surface area contributed by atoms with Crippen molar-refractivity contribution in [1.29, 1.82) is 0 Å². The van der Waals surface area contributed by atoms with Crippen LogP contribution in [0.3, 0.4) is 0 Å². The van der Waals surface area contributed by atoms with Crippen LogP contribution < -0.4 is 10.5 Å². The largest absolute Gasteiger partial charge is 0.327 e. The molecule has 4 rings (SSSR count). The van der Waals surface area contributed by atoms with Crippen LogP contribution in [0.4, 0.5) is 0 Å². The molecule has 2 saturated carbocycles. The first-order chi connectivity index (χ1) is 14.3. The van der Waals surface area contributed by atoms with Crippen LogP contribution in [-0.4, -0.2) is 25.8 Å². The van der Waals surface area contributed by atoms with Crippen LogP contribution in [0.1, 0.15) is 75.3 Å². The minimum atomic E-state index is -3.25. The van der Waals surface area contributed by atoms with Crippen molar-refractivity contribution in [2.24, 2.45) is 5.73 Å². The van der Waals surface area contributed by atoms with Crippen LogP contribution >= 0.6 is 0 Å². The maximum Gasteiger partial charge on any atom is 0.214 e. The average molecular weight is 427 g/mol. The molecule has 162 valence electrons. The summed E-state index contributed by atoms with van der Waals surface area (Å²) in [6.45, 7) is 3.46. The van der Waals surface area contributed by atoms with Gasteiger partial charge < -0.3 is 5.73 Å². The minimum Gasteiger partial charge on any atom is -0.327 e. The number of hydrogen-bond acceptors (Lipinski definition) is 3. The van der Waals surface area contributed by atoms with E-state index in [1.165, 1.54) is 35.1 Å². The average Bonchev–Trinajstić information content (AvgIpc) is 3.37. The van der Waals surface area contributed by atoms with Crippen molar-refractivity contribution >= 4 is 10.0 Å². The lowest BCUT2D eigenvalue weighted by atomic mass is 9.91. The molecule has 2 aliphatic carbocycles. The number of benzene rings is 2. The number of rotatable bonds is 6. The first-order valence-electron chi connectivity index (χ1n) is 11.3. The molecule has 4 unspecified atom stereocenters. The quantitative estimate of drug-likeness (QED) is 0.689. The Kier molecular flexibility index (Phi) is 6.33. The van der Waals surface area contributed by atoms with E-state index in [-0.39, 0.29) is 12.0 Å². The molecular formula is C25H34N2O2S. The highest BCUT2D eigenvalue weighted by Gasteiger charge is 2.32. The number of hydrogen-bond donors (Lipinski definition) is 2. The maximum atomic E-state index is 12.3. The van der Waals surface area contributed by atoms with Crippen molar-refractivity contribution in [3.63, 3.8) is 0 Å². The maximum absolute atomic E-state index is 12.3. The predicted molar refractivity (Wildman–Crippen MR) is 124 cm³/mol. The molecule has 0 spiro atoms. The zero-order valence-electron chi connectivity index (χ0n) is 18.1. The van der Waals surface area contributed by atoms with Crippen LogP contribution in [0, 0.1) is 0 Å². The Labute approximate surface area is 181 Å². The van der Waals surface area contributed by atoms with Crippen molar-refractivity contribution in [2.45, 2.75) is 81.5 Å². The Hall–Kier alpha value is -1.69. The van der Waals surface area contributed by atoms with Gasteiger partial charge in [0.05, 0.1) is 5.25 Å². The van der Waals surface area contributed by atoms with Gasteiger partial charge in [-0.05, 0) is 67.7 Å². The highest BCUT2D eigenvalue weighted by atomic mass is 32.2. The predicted octanol–water partition coefficient (Wildman–Crippen LogP) is 4.91. The Bertz CT molecular complexity index is 952. The first kappa shape index (κ1) is 21.5. The summed E-state index contributed by atoms with van der Waals surface area (Å²) in [5.74, 6) is 0.745. The molecule has 2 aliphatic rings. The van der Waals surface area contributed by atoms with Crippen LogP contribution in [0.5, 0.6) is 0 Å². The van der Waals surface area contributed by atoms with Crippen molar-refractivity contribution in [2.75, 3.05) is 0 Å². The summed E-state index contributed by atoms with van der Waals surface area (Å²) in [7, 11) is -3.25. The molecule has 4 atom stereocenters. The van der Waals surface area contributed by atoms with Gasteiger partial charge in [0.25, 0.3) is 0 Å². The third-order valence-corrected chi connectivity index (χ3v) is 8.91. The fourth-order valence-corrected chi connectivity index (χ4v) is 6.07. The van der Waals surface area contributed by atoms with E-state index in [9.17, 15) is 8.42 Å². The van der Waals surface area contributed by atoms with E-state index >= 15 is 0 Å². The minimum absolute atomic E-state index is 0.00171. The SMILES string of the molecule is CC(C)S(=O)(=O)NC1CCCC1c1ccc(-c2ccc(C3CCCC3N)cc2)cc1. The molecule has 0 bridgehead atoms. The topological polar surface area (TPSA) is 72.2 Å². The molecule has 0 amide bonds. The molecule has 0 aromatic heterocycles. The second-order valence-corrected chi connectivity index (χ2v) is 11.6. The molecule has 0 heterocycles. The number of nitrogens with one attached hydrogen (secondary N) is 1. The molecule has 2 aromatic carbocycles. The smallest absolute Gasteiger partial charge is 0.214 e. The third-order valence-electron chi connectivity index (χ3n) is 7.03. The van der Waals surface area contributed by atoms with Gasteiger partial charge in [0.1, 0.15) is 0 Å². The monoisotopic (exact) mass is 426 g/mol. The van der Waals surface area contributed by atoms with Crippen molar-refractivity contribution in [3.8, 4) is 11.1 Å². The first-order valence-corrected chi connectivity index (χ1v) is 12.9. The normalized spacial score (nSPS) is 27.1. The molecule has 2 aromatic rings. The van der Waals surface area contributed by atoms with Crippen LogP contribution in [-0.2, 0) is 10.0 Å². The molecule has 2 fully saturated rings. The Morgan fingerprint density at radius 3 is 1.80 bits per heavy atom. The highest BCUT2D eigenvalue weighted by Crippen LogP contribution is 2.37. The Balaban J connectivity index is 1.47. The zero-order valence-corrected chi connectivity index (χ0v) is 18.9. The lowest BCUT2D eigenvalue weighted by molar-refractivity contribution is 0.519. The van der Waals surface area contributed by atoms with Gasteiger partial charge in [0, 0.05) is 18.0 Å². The van der Waals surface area contributed by atoms with E-state index in [4.69, 9.17) is 5.73 Å². The summed E-state index contributed by atoms with van der Waals surface area (Å²) >= 11 is 0.